The summed E-state index contributed by atoms with van der Waals surface area (Å²) in [5.74, 6) is 0.0407. The average molecular weight is 382 g/mol. The van der Waals surface area contributed by atoms with E-state index >= 15 is 0 Å². The van der Waals surface area contributed by atoms with Crippen LogP contribution in [0, 0.1) is 0 Å². The maximum Gasteiger partial charge on any atom is 0.306 e. The molecule has 0 aliphatic carbocycles. The maximum absolute atomic E-state index is 13.1. The summed E-state index contributed by atoms with van der Waals surface area (Å²) in [5, 5.41) is 0. The summed E-state index contributed by atoms with van der Waals surface area (Å²) < 4.78 is 26.0. The van der Waals surface area contributed by atoms with E-state index < -0.39 is 10.0 Å². The fourth-order valence-corrected chi connectivity index (χ4v) is 4.85. The van der Waals surface area contributed by atoms with Crippen molar-refractivity contribution in [1.29, 1.82) is 0 Å². The molecule has 0 spiro atoms. The normalized spacial score (nSPS) is 19.6. The Morgan fingerprint density at radius 1 is 1.11 bits per heavy atom. The number of benzene rings is 2. The summed E-state index contributed by atoms with van der Waals surface area (Å²) >= 11 is 0. The molecule has 0 radical (unpaired) electrons. The second-order valence-electron chi connectivity index (χ2n) is 6.55. The topological polar surface area (TPSA) is 60.2 Å². The first kappa shape index (κ1) is 19.3. The minimum absolute atomic E-state index is 0.0407. The minimum Gasteiger partial charge on any atom is -0.326 e. The van der Waals surface area contributed by atoms with Crippen molar-refractivity contribution in [3.63, 3.8) is 0 Å². The molecule has 0 saturated heterocycles. The Morgan fingerprint density at radius 3 is 2.48 bits per heavy atom. The second kappa shape index (κ2) is 7.64. The highest BCUT2D eigenvalue weighted by atomic mass is 32.2. The third kappa shape index (κ3) is 3.54. The minimum atomic E-state index is -3.46. The summed E-state index contributed by atoms with van der Waals surface area (Å²) in [6.07, 6.45) is 5.55. The van der Waals surface area contributed by atoms with Gasteiger partial charge in [0.2, 0.25) is 0 Å². The van der Waals surface area contributed by atoms with Gasteiger partial charge >= 0.3 is 10.0 Å². The van der Waals surface area contributed by atoms with Crippen LogP contribution in [0.4, 0.5) is 5.69 Å². The fraction of sp³-hybridized carbons (Fsp3) is 0.182. The molecule has 0 fully saturated rings. The molecular formula is C22H25N2O2S+. The zero-order chi connectivity index (χ0) is 19.5. The van der Waals surface area contributed by atoms with Crippen LogP contribution in [-0.4, -0.2) is 27.3 Å². The fourth-order valence-electron chi connectivity index (χ4n) is 3.34. The molecule has 3 rings (SSSR count). The van der Waals surface area contributed by atoms with Gasteiger partial charge in [0.1, 0.15) is 12.7 Å². The van der Waals surface area contributed by atoms with E-state index in [9.17, 15) is 8.42 Å². The molecule has 2 N–H and O–H groups in total. The van der Waals surface area contributed by atoms with Gasteiger partial charge in [-0.2, -0.15) is 12.3 Å². The molecule has 0 amide bonds. The number of nitrogens with zero attached hydrogens (tertiary/aromatic N) is 1. The molecule has 0 saturated carbocycles. The van der Waals surface area contributed by atoms with E-state index in [2.05, 4.69) is 6.58 Å². The number of sulfonamides is 1. The van der Waals surface area contributed by atoms with Crippen molar-refractivity contribution in [3.05, 3.63) is 96.2 Å². The lowest BCUT2D eigenvalue weighted by molar-refractivity contribution is 0.511. The van der Waals surface area contributed by atoms with Crippen molar-refractivity contribution in [3.8, 4) is 0 Å². The van der Waals surface area contributed by atoms with Crippen molar-refractivity contribution in [2.45, 2.75) is 6.92 Å². The van der Waals surface area contributed by atoms with Crippen LogP contribution in [0.5, 0.6) is 0 Å². The number of quaternary nitrogens is 1. The number of rotatable bonds is 6. The van der Waals surface area contributed by atoms with Gasteiger partial charge in [-0.1, -0.05) is 55.1 Å². The van der Waals surface area contributed by atoms with Crippen LogP contribution in [0.2, 0.25) is 0 Å². The van der Waals surface area contributed by atoms with E-state index in [0.717, 1.165) is 22.3 Å². The lowest BCUT2D eigenvalue weighted by Crippen LogP contribution is -2.51. The van der Waals surface area contributed by atoms with Gasteiger partial charge in [-0.3, -0.25) is 0 Å². The van der Waals surface area contributed by atoms with Gasteiger partial charge in [0.15, 0.2) is 5.69 Å². The molecule has 27 heavy (non-hydrogen) atoms. The Kier molecular flexibility index (Phi) is 5.46. The van der Waals surface area contributed by atoms with Gasteiger partial charge < -0.3 is 5.73 Å². The van der Waals surface area contributed by atoms with Gasteiger partial charge in [-0.05, 0) is 29.7 Å². The zero-order valence-corrected chi connectivity index (χ0v) is 16.3. The van der Waals surface area contributed by atoms with E-state index in [1.165, 1.54) is 0 Å². The van der Waals surface area contributed by atoms with Crippen LogP contribution < -0.4 is 9.62 Å². The van der Waals surface area contributed by atoms with Crippen molar-refractivity contribution >= 4 is 21.3 Å². The molecule has 1 unspecified atom stereocenters. The Hall–Kier alpha value is -2.47. The lowest BCUT2D eigenvalue weighted by Gasteiger charge is -2.34. The van der Waals surface area contributed by atoms with Crippen LogP contribution in [0.25, 0.3) is 5.57 Å². The van der Waals surface area contributed by atoms with Crippen LogP contribution in [0.3, 0.4) is 0 Å². The van der Waals surface area contributed by atoms with Crippen molar-refractivity contribution in [2.24, 2.45) is 5.73 Å². The predicted octanol–water partition coefficient (Wildman–Crippen LogP) is 3.82. The number of hydrogen-bond acceptors (Lipinski definition) is 3. The van der Waals surface area contributed by atoms with Crippen molar-refractivity contribution in [2.75, 3.05) is 18.8 Å². The highest BCUT2D eigenvalue weighted by molar-refractivity contribution is 7.91. The Labute approximate surface area is 161 Å². The Bertz CT molecular complexity index is 1010. The highest BCUT2D eigenvalue weighted by Crippen LogP contribution is 2.35. The molecule has 140 valence electrons. The van der Waals surface area contributed by atoms with E-state index in [4.69, 9.17) is 5.73 Å². The molecule has 2 aromatic rings. The van der Waals surface area contributed by atoms with Crippen LogP contribution >= 0.6 is 0 Å². The third-order valence-corrected chi connectivity index (χ3v) is 7.12. The Morgan fingerprint density at radius 2 is 1.81 bits per heavy atom. The first-order valence-corrected chi connectivity index (χ1v) is 10.6. The summed E-state index contributed by atoms with van der Waals surface area (Å²) in [4.78, 5) is 0. The molecule has 4 nitrogen and oxygen atoms in total. The van der Waals surface area contributed by atoms with E-state index in [1.807, 2.05) is 66.7 Å². The summed E-state index contributed by atoms with van der Waals surface area (Å²) in [5.41, 5.74) is 10.1. The van der Waals surface area contributed by atoms with Crippen molar-refractivity contribution in [1.82, 2.24) is 3.89 Å². The van der Waals surface area contributed by atoms with Crippen LogP contribution in [0.15, 0.2) is 85.1 Å². The molecule has 0 aromatic heterocycles. The second-order valence-corrected chi connectivity index (χ2v) is 8.95. The third-order valence-electron chi connectivity index (χ3n) is 4.93. The average Bonchev–Trinajstić information content (AvgIpc) is 2.73. The SMILES string of the molecule is C=C(c1ccccc1)c1cccc([N+]2(S(=O)(=O)CC)C=C(CN)C=CC2)c1. The molecule has 2 aromatic carbocycles. The largest absolute Gasteiger partial charge is 0.326 e. The van der Waals surface area contributed by atoms with Gasteiger partial charge in [-0.15, -0.1) is 0 Å². The monoisotopic (exact) mass is 381 g/mol. The molecule has 5 heteroatoms. The molecule has 0 bridgehead atoms. The standard InChI is InChI=1S/C22H25N2O2S/c1-3-27(25,26)24(14-8-9-19(16-23)17-24)22-13-7-12-21(15-22)18(2)20-10-5-4-6-11-20/h4-13,15,17H,2-3,14,16,23H2,1H3/q+1. The van der Waals surface area contributed by atoms with Crippen LogP contribution in [-0.2, 0) is 10.0 Å². The smallest absolute Gasteiger partial charge is 0.306 e. The Balaban J connectivity index is 2.14. The molecule has 1 aliphatic heterocycles. The van der Waals surface area contributed by atoms with E-state index in [-0.39, 0.29) is 9.64 Å². The van der Waals surface area contributed by atoms with Crippen LogP contribution in [0.1, 0.15) is 18.1 Å². The van der Waals surface area contributed by atoms with Gasteiger partial charge in [-0.25, -0.2) is 0 Å². The van der Waals surface area contributed by atoms with Crippen molar-refractivity contribution < 1.29 is 8.42 Å². The number of nitrogens with two attached hydrogens (primary N) is 1. The van der Waals surface area contributed by atoms with E-state index in [0.29, 0.717) is 18.8 Å². The predicted molar refractivity (Wildman–Crippen MR) is 113 cm³/mol. The van der Waals surface area contributed by atoms with Gasteiger partial charge in [0.25, 0.3) is 0 Å². The maximum atomic E-state index is 13.1. The summed E-state index contributed by atoms with van der Waals surface area (Å²) in [6.45, 7) is 6.53. The highest BCUT2D eigenvalue weighted by Gasteiger charge is 2.42. The molecule has 1 atom stereocenters. The first-order chi connectivity index (χ1) is 12.9. The first-order valence-electron chi connectivity index (χ1n) is 8.98. The molecular weight excluding hydrogens is 356 g/mol. The quantitative estimate of drug-likeness (QED) is 0.774. The van der Waals surface area contributed by atoms with Gasteiger partial charge in [0.05, 0.1) is 5.75 Å². The van der Waals surface area contributed by atoms with Gasteiger partial charge in [0, 0.05) is 24.3 Å². The zero-order valence-electron chi connectivity index (χ0n) is 15.5. The summed E-state index contributed by atoms with van der Waals surface area (Å²) in [7, 11) is -3.46. The molecule has 1 aliphatic rings. The molecule has 1 heterocycles. The van der Waals surface area contributed by atoms with E-state index in [1.54, 1.807) is 13.1 Å². The number of hydrogen-bond donors (Lipinski definition) is 1. The summed E-state index contributed by atoms with van der Waals surface area (Å²) in [6, 6.07) is 17.5. The lowest BCUT2D eigenvalue weighted by atomic mass is 9.99.